The van der Waals surface area contributed by atoms with Gasteiger partial charge >= 0.3 is 0 Å². The number of rotatable bonds is 7. The summed E-state index contributed by atoms with van der Waals surface area (Å²) in [5.41, 5.74) is 4.44. The predicted molar refractivity (Wildman–Crippen MR) is 120 cm³/mol. The van der Waals surface area contributed by atoms with Crippen LogP contribution in [0.2, 0.25) is 0 Å². The summed E-state index contributed by atoms with van der Waals surface area (Å²) in [6, 6.07) is 14.2. The third-order valence-corrected chi connectivity index (χ3v) is 5.74. The van der Waals surface area contributed by atoms with Crippen molar-refractivity contribution in [1.82, 2.24) is 9.88 Å². The molecule has 3 aromatic rings. The highest BCUT2D eigenvalue weighted by Gasteiger charge is 2.18. The first-order chi connectivity index (χ1) is 13.4. The van der Waals surface area contributed by atoms with Gasteiger partial charge in [-0.1, -0.05) is 41.7 Å². The number of thiazole rings is 1. The molecule has 1 heterocycles. The lowest BCUT2D eigenvalue weighted by molar-refractivity contribution is -0.114. The number of aryl methyl sites for hydroxylation is 2. The van der Waals surface area contributed by atoms with Crippen LogP contribution < -0.4 is 4.90 Å². The zero-order chi connectivity index (χ0) is 20.1. The van der Waals surface area contributed by atoms with Crippen LogP contribution in [0.25, 0.3) is 16.3 Å². The van der Waals surface area contributed by atoms with E-state index in [0.717, 1.165) is 33.9 Å². The molecule has 0 aliphatic heterocycles. The zero-order valence-electron chi connectivity index (χ0n) is 17.0. The fourth-order valence-corrected chi connectivity index (χ4v) is 4.03. The maximum Gasteiger partial charge on any atom is 0.252 e. The van der Waals surface area contributed by atoms with Crippen LogP contribution >= 0.6 is 11.3 Å². The average molecular weight is 394 g/mol. The Morgan fingerprint density at radius 3 is 2.50 bits per heavy atom. The summed E-state index contributed by atoms with van der Waals surface area (Å²) in [6.07, 6.45) is 4.41. The van der Waals surface area contributed by atoms with Gasteiger partial charge in [-0.15, -0.1) is 0 Å². The molecular formula is C23H27N3OS. The molecule has 0 aliphatic rings. The van der Waals surface area contributed by atoms with E-state index in [2.05, 4.69) is 30.9 Å². The van der Waals surface area contributed by atoms with Gasteiger partial charge in [0, 0.05) is 12.6 Å². The Bertz CT molecular complexity index is 937. The maximum atomic E-state index is 13.0. The molecule has 0 saturated heterocycles. The zero-order valence-corrected chi connectivity index (χ0v) is 17.8. The van der Waals surface area contributed by atoms with Crippen molar-refractivity contribution in [2.75, 3.05) is 32.1 Å². The Labute approximate surface area is 171 Å². The summed E-state index contributed by atoms with van der Waals surface area (Å²) in [4.78, 5) is 21.7. The van der Waals surface area contributed by atoms with Crippen LogP contribution in [0.15, 0.2) is 48.5 Å². The highest BCUT2D eigenvalue weighted by Crippen LogP contribution is 2.31. The van der Waals surface area contributed by atoms with E-state index in [4.69, 9.17) is 4.98 Å². The summed E-state index contributed by atoms with van der Waals surface area (Å²) >= 11 is 1.58. The number of carbonyl (C=O) groups is 1. The number of aromatic nitrogens is 1. The van der Waals surface area contributed by atoms with Gasteiger partial charge in [0.2, 0.25) is 0 Å². The molecule has 0 unspecified atom stereocenters. The Hall–Kier alpha value is -2.50. The third-order valence-electron chi connectivity index (χ3n) is 4.69. The first kappa shape index (κ1) is 20.2. The minimum absolute atomic E-state index is 0.0323. The SMILES string of the molecule is Cc1cc2nc(N(CCCN(C)C)C(=O)/C=C/c3ccccc3)sc2cc1C. The van der Waals surface area contributed by atoms with Gasteiger partial charge in [-0.2, -0.15) is 0 Å². The molecule has 4 nitrogen and oxygen atoms in total. The van der Waals surface area contributed by atoms with Gasteiger partial charge in [0.15, 0.2) is 5.13 Å². The van der Waals surface area contributed by atoms with E-state index in [-0.39, 0.29) is 5.91 Å². The number of amides is 1. The van der Waals surface area contributed by atoms with Crippen LogP contribution in [0.3, 0.4) is 0 Å². The quantitative estimate of drug-likeness (QED) is 0.535. The van der Waals surface area contributed by atoms with E-state index in [9.17, 15) is 4.79 Å². The summed E-state index contributed by atoms with van der Waals surface area (Å²) in [6.45, 7) is 5.77. The molecular weight excluding hydrogens is 366 g/mol. The van der Waals surface area contributed by atoms with Crippen molar-refractivity contribution in [2.45, 2.75) is 20.3 Å². The molecule has 1 aromatic heterocycles. The first-order valence-electron chi connectivity index (χ1n) is 9.51. The van der Waals surface area contributed by atoms with Crippen LogP contribution in [-0.2, 0) is 4.79 Å². The largest absolute Gasteiger partial charge is 0.309 e. The number of nitrogens with zero attached hydrogens (tertiary/aromatic N) is 3. The summed E-state index contributed by atoms with van der Waals surface area (Å²) in [5, 5.41) is 0.765. The molecule has 2 aromatic carbocycles. The second-order valence-corrected chi connectivity index (χ2v) is 8.30. The van der Waals surface area contributed by atoms with Crippen LogP contribution in [0.5, 0.6) is 0 Å². The number of anilines is 1. The fourth-order valence-electron chi connectivity index (χ4n) is 2.95. The van der Waals surface area contributed by atoms with Gasteiger partial charge in [0.1, 0.15) is 0 Å². The number of fused-ring (bicyclic) bond motifs is 1. The predicted octanol–water partition coefficient (Wildman–Crippen LogP) is 4.91. The summed E-state index contributed by atoms with van der Waals surface area (Å²) < 4.78 is 1.12. The monoisotopic (exact) mass is 393 g/mol. The topological polar surface area (TPSA) is 36.4 Å². The van der Waals surface area contributed by atoms with Gasteiger partial charge in [0.05, 0.1) is 10.2 Å². The van der Waals surface area contributed by atoms with Gasteiger partial charge < -0.3 is 4.90 Å². The average Bonchev–Trinajstić information content (AvgIpc) is 3.06. The van der Waals surface area contributed by atoms with Crippen molar-refractivity contribution in [2.24, 2.45) is 0 Å². The van der Waals surface area contributed by atoms with Crippen LogP contribution in [0.4, 0.5) is 5.13 Å². The molecule has 0 aliphatic carbocycles. The Morgan fingerprint density at radius 1 is 1.07 bits per heavy atom. The van der Waals surface area contributed by atoms with E-state index < -0.39 is 0 Å². The maximum absolute atomic E-state index is 13.0. The number of hydrogen-bond acceptors (Lipinski definition) is 4. The minimum Gasteiger partial charge on any atom is -0.309 e. The van der Waals surface area contributed by atoms with Crippen molar-refractivity contribution >= 4 is 38.7 Å². The van der Waals surface area contributed by atoms with Gasteiger partial charge in [-0.3, -0.25) is 9.69 Å². The van der Waals surface area contributed by atoms with Crippen molar-refractivity contribution in [1.29, 1.82) is 0 Å². The van der Waals surface area contributed by atoms with Crippen molar-refractivity contribution in [3.8, 4) is 0 Å². The lowest BCUT2D eigenvalue weighted by Gasteiger charge is -2.19. The van der Waals surface area contributed by atoms with E-state index in [1.54, 1.807) is 22.3 Å². The Morgan fingerprint density at radius 2 is 1.79 bits per heavy atom. The molecule has 146 valence electrons. The van der Waals surface area contributed by atoms with E-state index >= 15 is 0 Å². The van der Waals surface area contributed by atoms with Crippen LogP contribution in [-0.4, -0.2) is 43.0 Å². The van der Waals surface area contributed by atoms with E-state index in [1.807, 2.05) is 50.5 Å². The molecule has 0 spiro atoms. The molecule has 5 heteroatoms. The van der Waals surface area contributed by atoms with Gasteiger partial charge in [0.25, 0.3) is 5.91 Å². The van der Waals surface area contributed by atoms with Crippen LogP contribution in [0.1, 0.15) is 23.1 Å². The van der Waals surface area contributed by atoms with Crippen molar-refractivity contribution in [3.05, 3.63) is 65.2 Å². The molecule has 0 N–H and O–H groups in total. The van der Waals surface area contributed by atoms with Crippen LogP contribution in [0, 0.1) is 13.8 Å². The highest BCUT2D eigenvalue weighted by atomic mass is 32.1. The summed E-state index contributed by atoms with van der Waals surface area (Å²) in [7, 11) is 4.09. The van der Waals surface area contributed by atoms with Crippen molar-refractivity contribution in [3.63, 3.8) is 0 Å². The van der Waals surface area contributed by atoms with E-state index in [1.165, 1.54) is 11.1 Å². The van der Waals surface area contributed by atoms with Gasteiger partial charge in [-0.25, -0.2) is 4.98 Å². The Kier molecular flexibility index (Phi) is 6.60. The normalized spacial score (nSPS) is 11.6. The molecule has 0 fully saturated rings. The van der Waals surface area contributed by atoms with Crippen molar-refractivity contribution < 1.29 is 4.79 Å². The molecule has 3 rings (SSSR count). The number of carbonyl (C=O) groups excluding carboxylic acids is 1. The fraction of sp³-hybridized carbons (Fsp3) is 0.304. The lowest BCUT2D eigenvalue weighted by atomic mass is 10.1. The minimum atomic E-state index is -0.0323. The third kappa shape index (κ3) is 5.06. The van der Waals surface area contributed by atoms with Gasteiger partial charge in [-0.05, 0) is 75.8 Å². The number of benzene rings is 2. The lowest BCUT2D eigenvalue weighted by Crippen LogP contribution is -2.32. The molecule has 0 radical (unpaired) electrons. The molecule has 28 heavy (non-hydrogen) atoms. The molecule has 1 amide bonds. The molecule has 0 bridgehead atoms. The standard InChI is InChI=1S/C23H27N3OS/c1-17-15-20-21(16-18(17)2)28-23(24-20)26(14-8-13-25(3)4)22(27)12-11-19-9-6-5-7-10-19/h5-7,9-12,15-16H,8,13-14H2,1-4H3/b12-11+. The smallest absolute Gasteiger partial charge is 0.252 e. The Balaban J connectivity index is 1.87. The molecule has 0 atom stereocenters. The highest BCUT2D eigenvalue weighted by molar-refractivity contribution is 7.22. The summed E-state index contributed by atoms with van der Waals surface area (Å²) in [5.74, 6) is -0.0323. The number of hydrogen-bond donors (Lipinski definition) is 0. The van der Waals surface area contributed by atoms with E-state index in [0.29, 0.717) is 6.54 Å². The second-order valence-electron chi connectivity index (χ2n) is 7.29. The first-order valence-corrected chi connectivity index (χ1v) is 10.3. The second kappa shape index (κ2) is 9.13. The molecule has 0 saturated carbocycles.